The van der Waals surface area contributed by atoms with Crippen LogP contribution < -0.4 is 23.9 Å². The molecular weight excluding hydrogens is 661 g/mol. The largest absolute Gasteiger partial charge is 0.396 e. The van der Waals surface area contributed by atoms with Crippen molar-refractivity contribution in [2.24, 2.45) is 14.5 Å². The van der Waals surface area contributed by atoms with E-state index in [0.717, 1.165) is 18.1 Å². The topological polar surface area (TPSA) is 115 Å². The first-order valence-electron chi connectivity index (χ1n) is 11.1. The smallest absolute Gasteiger partial charge is 0.267 e. The third kappa shape index (κ3) is 5.11. The quantitative estimate of drug-likeness (QED) is 0.256. The van der Waals surface area contributed by atoms with Crippen molar-refractivity contribution < 1.29 is 9.59 Å². The molecule has 2 aliphatic heterocycles. The summed E-state index contributed by atoms with van der Waals surface area (Å²) in [5.41, 5.74) is 8.20. The zero-order valence-electron chi connectivity index (χ0n) is 20.5. The number of carbonyl (C=O) groups excluding carboxylic acids is 2. The van der Waals surface area contributed by atoms with E-state index in [9.17, 15) is 9.59 Å². The molecule has 0 saturated carbocycles. The number of nitrogens with zero attached hydrogens (tertiary/aromatic N) is 4. The lowest BCUT2D eigenvalue weighted by molar-refractivity contribution is -0.120. The van der Waals surface area contributed by atoms with Crippen LogP contribution in [0.1, 0.15) is 0 Å². The molecule has 40 heavy (non-hydrogen) atoms. The highest BCUT2D eigenvalue weighted by Crippen LogP contribution is 2.31. The number of thioether (sulfide) groups is 2. The Hall–Kier alpha value is -2.31. The number of hydrogen-bond donors (Lipinski definition) is 3. The lowest BCUT2D eigenvalue weighted by Crippen LogP contribution is -2.27. The summed E-state index contributed by atoms with van der Waals surface area (Å²) in [5, 5.41) is 8.91. The predicted molar refractivity (Wildman–Crippen MR) is 181 cm³/mol. The Labute approximate surface area is 266 Å². The van der Waals surface area contributed by atoms with Gasteiger partial charge < -0.3 is 5.73 Å². The fourth-order valence-electron chi connectivity index (χ4n) is 3.84. The predicted octanol–water partition coefficient (Wildman–Crippen LogP) is 1.78. The number of nitrogens with two attached hydrogens (primary N) is 1. The van der Waals surface area contributed by atoms with Crippen molar-refractivity contribution in [2.75, 3.05) is 14.1 Å². The fourth-order valence-corrected chi connectivity index (χ4v) is 8.75. The van der Waals surface area contributed by atoms with Crippen LogP contribution in [0.25, 0.3) is 22.0 Å². The summed E-state index contributed by atoms with van der Waals surface area (Å²) in [7, 11) is 3.30. The van der Waals surface area contributed by atoms with Gasteiger partial charge in [0.05, 0.1) is 21.2 Å². The zero-order valence-corrected chi connectivity index (χ0v) is 27.1. The first-order valence-corrected chi connectivity index (χ1v) is 15.9. The maximum atomic E-state index is 12.5. The summed E-state index contributed by atoms with van der Waals surface area (Å²) < 4.78 is 12.2. The molecule has 3 N–H and O–H groups in total. The maximum Gasteiger partial charge on any atom is 0.267 e. The number of amides is 2. The molecule has 0 bridgehead atoms. The highest BCUT2D eigenvalue weighted by Gasteiger charge is 2.31. The Balaban J connectivity index is 1.62. The molecule has 3 aliphatic rings. The SMILES string of the molecule is CN1C(=O)/C(=c2/cc/c(=C\C3=C(N=S)C(N)=C(/C=c4\cc/c(=C5\SC(=S)N(C)C5=O)s4)/C(=N/S)C3=N)s2)SC1=S. The number of thiocarbonyl (C=S) groups is 2. The molecule has 8 nitrogen and oxygen atoms in total. The van der Waals surface area contributed by atoms with Gasteiger partial charge in [0.15, 0.2) is 0 Å². The second kappa shape index (κ2) is 11.5. The summed E-state index contributed by atoms with van der Waals surface area (Å²) in [6.45, 7) is 0. The van der Waals surface area contributed by atoms with E-state index in [-0.39, 0.29) is 34.6 Å². The third-order valence-corrected chi connectivity index (χ3v) is 11.8. The van der Waals surface area contributed by atoms with E-state index in [1.807, 2.05) is 24.3 Å². The Bertz CT molecular complexity index is 1930. The Morgan fingerprint density at radius 1 is 0.900 bits per heavy atom. The van der Waals surface area contributed by atoms with Crippen molar-refractivity contribution in [3.05, 3.63) is 64.9 Å². The maximum absolute atomic E-state index is 12.5. The van der Waals surface area contributed by atoms with E-state index < -0.39 is 0 Å². The van der Waals surface area contributed by atoms with E-state index in [4.69, 9.17) is 48.0 Å². The van der Waals surface area contributed by atoms with Crippen molar-refractivity contribution in [3.63, 3.8) is 0 Å². The lowest BCUT2D eigenvalue weighted by Gasteiger charge is -2.20. The van der Waals surface area contributed by atoms with Crippen LogP contribution >= 0.6 is 83.4 Å². The number of thiol groups is 1. The van der Waals surface area contributed by atoms with E-state index in [1.165, 1.54) is 56.0 Å². The highest BCUT2D eigenvalue weighted by molar-refractivity contribution is 8.30. The molecular formula is C24H16N6O2S8. The Kier molecular flexibility index (Phi) is 8.41. The van der Waals surface area contributed by atoms with Gasteiger partial charge in [-0.1, -0.05) is 48.0 Å². The van der Waals surface area contributed by atoms with Crippen LogP contribution in [0.4, 0.5) is 0 Å². The number of rotatable bonds is 3. The highest BCUT2D eigenvalue weighted by atomic mass is 32.2. The molecule has 2 amide bonds. The summed E-state index contributed by atoms with van der Waals surface area (Å²) in [4.78, 5) is 29.1. The van der Waals surface area contributed by atoms with Gasteiger partial charge in [-0.25, -0.2) is 4.40 Å². The monoisotopic (exact) mass is 676 g/mol. The van der Waals surface area contributed by atoms with Gasteiger partial charge in [0.25, 0.3) is 11.8 Å². The van der Waals surface area contributed by atoms with E-state index in [1.54, 1.807) is 26.2 Å². The van der Waals surface area contributed by atoms with Crippen LogP contribution in [0, 0.1) is 5.41 Å². The van der Waals surface area contributed by atoms with Gasteiger partial charge in [-0.05, 0) is 49.2 Å². The van der Waals surface area contributed by atoms with Crippen molar-refractivity contribution in [3.8, 4) is 0 Å². The number of carbonyl (C=O) groups is 2. The van der Waals surface area contributed by atoms with Crippen molar-refractivity contribution in [2.45, 2.75) is 0 Å². The molecule has 0 atom stereocenters. The molecule has 1 aliphatic carbocycles. The van der Waals surface area contributed by atoms with Crippen LogP contribution in [-0.2, 0) is 22.0 Å². The standard InChI is InChI=1S/C24H16N6O2S8/c1-29-21(31)19(39-23(29)33)13-5-3-9(37-13)7-11-15(25)18(28-36)12(16(26)17(11)27-35)8-10-4-6-14(38-10)20-22(32)30(2)24(34)40-20/h3-8,25,36H,26H2,1-2H3/b9-7+,10-8+,19-13+,20-14+,25-15?,28-18-. The number of thiophene rings is 2. The molecule has 202 valence electrons. The summed E-state index contributed by atoms with van der Waals surface area (Å²) in [6.07, 6.45) is 3.53. The molecule has 2 aromatic rings. The van der Waals surface area contributed by atoms with Crippen molar-refractivity contribution >= 4 is 150 Å². The third-order valence-electron chi connectivity index (χ3n) is 5.95. The first kappa shape index (κ1) is 29.2. The van der Waals surface area contributed by atoms with Gasteiger partial charge in [0.1, 0.15) is 20.0 Å². The van der Waals surface area contributed by atoms with E-state index in [0.29, 0.717) is 29.6 Å². The molecule has 0 aromatic carbocycles. The number of allylic oxidation sites excluding steroid dienone is 2. The van der Waals surface area contributed by atoms with Crippen molar-refractivity contribution in [1.82, 2.24) is 9.80 Å². The van der Waals surface area contributed by atoms with Gasteiger partial charge in [-0.3, -0.25) is 24.8 Å². The minimum absolute atomic E-state index is 0.0496. The minimum atomic E-state index is -0.146. The molecule has 0 unspecified atom stereocenters. The molecule has 0 radical (unpaired) electrons. The molecule has 2 saturated heterocycles. The average molecular weight is 677 g/mol. The van der Waals surface area contributed by atoms with Crippen LogP contribution in [0.2, 0.25) is 0 Å². The first-order chi connectivity index (χ1) is 19.0. The second-order valence-corrected chi connectivity index (χ2v) is 14.2. The average Bonchev–Trinajstić information content (AvgIpc) is 3.70. The van der Waals surface area contributed by atoms with Crippen molar-refractivity contribution in [1.29, 1.82) is 5.41 Å². The summed E-state index contributed by atoms with van der Waals surface area (Å²) in [6, 6.07) is 7.39. The molecule has 2 fully saturated rings. The zero-order chi connectivity index (χ0) is 28.9. The van der Waals surface area contributed by atoms with Gasteiger partial charge in [0, 0.05) is 55.8 Å². The normalized spacial score (nSPS) is 23.3. The lowest BCUT2D eigenvalue weighted by atomic mass is 9.89. The van der Waals surface area contributed by atoms with Crippen LogP contribution in [0.3, 0.4) is 0 Å². The molecule has 4 heterocycles. The molecule has 16 heteroatoms. The van der Waals surface area contributed by atoms with Gasteiger partial charge >= 0.3 is 0 Å². The molecule has 0 spiro atoms. The number of nitrogens with one attached hydrogen (secondary N) is 1. The van der Waals surface area contributed by atoms with Crippen LogP contribution in [0.5, 0.6) is 0 Å². The second-order valence-electron chi connectivity index (χ2n) is 8.32. The van der Waals surface area contributed by atoms with Gasteiger partial charge in [-0.15, -0.1) is 22.7 Å². The molecule has 2 aromatic heterocycles. The van der Waals surface area contributed by atoms with E-state index >= 15 is 0 Å². The van der Waals surface area contributed by atoms with E-state index in [2.05, 4.69) is 21.6 Å². The Morgan fingerprint density at radius 3 is 1.77 bits per heavy atom. The number of hydrogen-bond acceptors (Lipinski definition) is 14. The summed E-state index contributed by atoms with van der Waals surface area (Å²) in [5.74, 6) is -0.290. The summed E-state index contributed by atoms with van der Waals surface area (Å²) >= 11 is 25.0. The Morgan fingerprint density at radius 2 is 1.38 bits per heavy atom. The van der Waals surface area contributed by atoms with Crippen LogP contribution in [0.15, 0.2) is 55.6 Å². The fraction of sp³-hybridized carbons (Fsp3) is 0.0833. The van der Waals surface area contributed by atoms with Crippen LogP contribution in [-0.4, -0.2) is 55.8 Å². The minimum Gasteiger partial charge on any atom is -0.396 e. The van der Waals surface area contributed by atoms with Gasteiger partial charge in [0.2, 0.25) is 0 Å². The van der Waals surface area contributed by atoms with Gasteiger partial charge in [-0.2, -0.15) is 4.36 Å². The molecule has 5 rings (SSSR count).